The van der Waals surface area contributed by atoms with E-state index in [1.54, 1.807) is 12.1 Å². The van der Waals surface area contributed by atoms with E-state index in [9.17, 15) is 8.42 Å². The highest BCUT2D eigenvalue weighted by Crippen LogP contribution is 2.32. The Morgan fingerprint density at radius 3 is 2.29 bits per heavy atom. The second-order valence-corrected chi connectivity index (χ2v) is 8.52. The third-order valence-electron chi connectivity index (χ3n) is 5.19. The highest BCUT2D eigenvalue weighted by Gasteiger charge is 2.18. The summed E-state index contributed by atoms with van der Waals surface area (Å²) in [4.78, 5) is 0.341. The van der Waals surface area contributed by atoms with E-state index in [0.29, 0.717) is 17.4 Å². The minimum absolute atomic E-state index is 0.303. The van der Waals surface area contributed by atoms with Gasteiger partial charge in [0.25, 0.3) is 0 Å². The second-order valence-electron chi connectivity index (χ2n) is 6.75. The molecule has 1 heterocycles. The van der Waals surface area contributed by atoms with E-state index in [1.807, 2.05) is 42.8 Å². The molecule has 1 saturated carbocycles. The van der Waals surface area contributed by atoms with E-state index in [-0.39, 0.29) is 0 Å². The Bertz CT molecular complexity index is 785. The number of benzene rings is 1. The molecule has 24 heavy (non-hydrogen) atoms. The summed E-state index contributed by atoms with van der Waals surface area (Å²) in [6, 6.07) is 11.4. The lowest BCUT2D eigenvalue weighted by Crippen LogP contribution is -2.24. The zero-order valence-electron chi connectivity index (χ0n) is 14.5. The first kappa shape index (κ1) is 17.2. The highest BCUT2D eigenvalue weighted by molar-refractivity contribution is 7.89. The third kappa shape index (κ3) is 3.73. The zero-order chi connectivity index (χ0) is 17.2. The molecule has 5 heteroatoms. The molecule has 1 aromatic carbocycles. The van der Waals surface area contributed by atoms with Crippen molar-refractivity contribution in [2.75, 3.05) is 0 Å². The van der Waals surface area contributed by atoms with Gasteiger partial charge in [-0.05, 0) is 55.5 Å². The SMILES string of the molecule is Cc1ccc(CNS(=O)(=O)c2ccc(C3CCCCC3)cc2)n1C. The number of aryl methyl sites for hydroxylation is 1. The molecule has 1 fully saturated rings. The van der Waals surface area contributed by atoms with Gasteiger partial charge in [0.05, 0.1) is 11.4 Å². The molecule has 0 aliphatic heterocycles. The van der Waals surface area contributed by atoms with Crippen LogP contribution in [-0.2, 0) is 23.6 Å². The smallest absolute Gasteiger partial charge is 0.240 e. The number of hydrogen-bond donors (Lipinski definition) is 1. The Morgan fingerprint density at radius 2 is 1.71 bits per heavy atom. The minimum Gasteiger partial charge on any atom is -0.351 e. The van der Waals surface area contributed by atoms with E-state index in [0.717, 1.165) is 11.4 Å². The van der Waals surface area contributed by atoms with Gasteiger partial charge in [-0.2, -0.15) is 0 Å². The number of hydrogen-bond acceptors (Lipinski definition) is 2. The summed E-state index contributed by atoms with van der Waals surface area (Å²) < 4.78 is 29.7. The van der Waals surface area contributed by atoms with E-state index < -0.39 is 10.0 Å². The fourth-order valence-corrected chi connectivity index (χ4v) is 4.45. The van der Waals surface area contributed by atoms with Crippen molar-refractivity contribution in [1.29, 1.82) is 0 Å². The van der Waals surface area contributed by atoms with Crippen molar-refractivity contribution < 1.29 is 8.42 Å². The van der Waals surface area contributed by atoms with Crippen molar-refractivity contribution >= 4 is 10.0 Å². The van der Waals surface area contributed by atoms with Crippen LogP contribution >= 0.6 is 0 Å². The van der Waals surface area contributed by atoms with E-state index in [4.69, 9.17) is 0 Å². The Morgan fingerprint density at radius 1 is 1.04 bits per heavy atom. The van der Waals surface area contributed by atoms with Gasteiger partial charge >= 0.3 is 0 Å². The van der Waals surface area contributed by atoms with Crippen LogP contribution in [0.2, 0.25) is 0 Å². The van der Waals surface area contributed by atoms with Crippen LogP contribution in [0, 0.1) is 6.92 Å². The quantitative estimate of drug-likeness (QED) is 0.894. The van der Waals surface area contributed by atoms with Crippen LogP contribution in [0.15, 0.2) is 41.3 Å². The van der Waals surface area contributed by atoms with Gasteiger partial charge in [0.2, 0.25) is 10.0 Å². The van der Waals surface area contributed by atoms with Gasteiger partial charge in [0.15, 0.2) is 0 Å². The Balaban J connectivity index is 1.69. The van der Waals surface area contributed by atoms with E-state index in [1.165, 1.54) is 37.7 Å². The molecular formula is C19H26N2O2S. The van der Waals surface area contributed by atoms with Gasteiger partial charge in [0, 0.05) is 18.4 Å². The Hall–Kier alpha value is -1.59. The molecular weight excluding hydrogens is 320 g/mol. The van der Waals surface area contributed by atoms with E-state index >= 15 is 0 Å². The van der Waals surface area contributed by atoms with Crippen molar-refractivity contribution in [1.82, 2.24) is 9.29 Å². The standard InChI is InChI=1S/C19H26N2O2S/c1-15-8-11-18(21(15)2)14-20-24(22,23)19-12-9-17(10-13-19)16-6-4-3-5-7-16/h8-13,16,20H,3-7,14H2,1-2H3. The number of aromatic nitrogens is 1. The third-order valence-corrected chi connectivity index (χ3v) is 6.60. The summed E-state index contributed by atoms with van der Waals surface area (Å²) in [6.07, 6.45) is 6.32. The van der Waals surface area contributed by atoms with Crippen LogP contribution < -0.4 is 4.72 Å². The normalized spacial score (nSPS) is 16.4. The van der Waals surface area contributed by atoms with Crippen LogP contribution in [0.25, 0.3) is 0 Å². The lowest BCUT2D eigenvalue weighted by atomic mass is 9.84. The number of sulfonamides is 1. The van der Waals surface area contributed by atoms with Gasteiger partial charge in [-0.3, -0.25) is 0 Å². The fraction of sp³-hybridized carbons (Fsp3) is 0.474. The molecule has 1 aliphatic rings. The van der Waals surface area contributed by atoms with Crippen molar-refractivity contribution in [2.45, 2.75) is 56.4 Å². The van der Waals surface area contributed by atoms with Gasteiger partial charge in [-0.1, -0.05) is 31.4 Å². The van der Waals surface area contributed by atoms with Crippen molar-refractivity contribution in [2.24, 2.45) is 7.05 Å². The maximum Gasteiger partial charge on any atom is 0.240 e. The van der Waals surface area contributed by atoms with Crippen molar-refractivity contribution in [3.63, 3.8) is 0 Å². The molecule has 1 aliphatic carbocycles. The average molecular weight is 346 g/mol. The van der Waals surface area contributed by atoms with E-state index in [2.05, 4.69) is 4.72 Å². The summed E-state index contributed by atoms with van der Waals surface area (Å²) in [5, 5.41) is 0. The molecule has 0 unspecified atom stereocenters. The molecule has 0 saturated heterocycles. The molecule has 1 N–H and O–H groups in total. The van der Waals surface area contributed by atoms with Gasteiger partial charge < -0.3 is 4.57 Å². The maximum atomic E-state index is 12.5. The average Bonchev–Trinajstić information content (AvgIpc) is 2.93. The lowest BCUT2D eigenvalue weighted by Gasteiger charge is -2.22. The molecule has 130 valence electrons. The molecule has 3 rings (SSSR count). The predicted octanol–water partition coefficient (Wildman–Crippen LogP) is 3.86. The van der Waals surface area contributed by atoms with Crippen LogP contribution in [0.1, 0.15) is 55.0 Å². The Labute approximate surface area is 144 Å². The number of rotatable bonds is 5. The molecule has 2 aromatic rings. The van der Waals surface area contributed by atoms with Crippen molar-refractivity contribution in [3.8, 4) is 0 Å². The van der Waals surface area contributed by atoms with Crippen LogP contribution in [0.3, 0.4) is 0 Å². The summed E-state index contributed by atoms with van der Waals surface area (Å²) in [5.41, 5.74) is 3.34. The largest absolute Gasteiger partial charge is 0.351 e. The highest BCUT2D eigenvalue weighted by atomic mass is 32.2. The monoisotopic (exact) mass is 346 g/mol. The molecule has 0 radical (unpaired) electrons. The first-order valence-electron chi connectivity index (χ1n) is 8.68. The maximum absolute atomic E-state index is 12.5. The molecule has 0 amide bonds. The van der Waals surface area contributed by atoms with Crippen molar-refractivity contribution in [3.05, 3.63) is 53.3 Å². The molecule has 4 nitrogen and oxygen atoms in total. The molecule has 0 spiro atoms. The van der Waals surface area contributed by atoms with Crippen LogP contribution in [0.4, 0.5) is 0 Å². The number of nitrogens with zero attached hydrogens (tertiary/aromatic N) is 1. The summed E-state index contributed by atoms with van der Waals surface area (Å²) in [7, 11) is -1.53. The molecule has 0 bridgehead atoms. The summed E-state index contributed by atoms with van der Waals surface area (Å²) in [5.74, 6) is 0.592. The first-order chi connectivity index (χ1) is 11.5. The lowest BCUT2D eigenvalue weighted by molar-refractivity contribution is 0.443. The first-order valence-corrected chi connectivity index (χ1v) is 10.2. The van der Waals surface area contributed by atoms with Crippen LogP contribution in [-0.4, -0.2) is 13.0 Å². The predicted molar refractivity (Wildman–Crippen MR) is 96.4 cm³/mol. The van der Waals surface area contributed by atoms with Gasteiger partial charge in [0.1, 0.15) is 0 Å². The summed E-state index contributed by atoms with van der Waals surface area (Å²) >= 11 is 0. The molecule has 1 aromatic heterocycles. The number of nitrogens with one attached hydrogen (secondary N) is 1. The topological polar surface area (TPSA) is 51.1 Å². The van der Waals surface area contributed by atoms with Gasteiger partial charge in [-0.25, -0.2) is 13.1 Å². The van der Waals surface area contributed by atoms with Gasteiger partial charge in [-0.15, -0.1) is 0 Å². The zero-order valence-corrected chi connectivity index (χ0v) is 15.3. The van der Waals surface area contributed by atoms with Crippen LogP contribution in [0.5, 0.6) is 0 Å². The summed E-state index contributed by atoms with van der Waals surface area (Å²) in [6.45, 7) is 2.30. The second kappa shape index (κ2) is 7.11. The minimum atomic E-state index is -3.48. The molecule has 0 atom stereocenters. The fourth-order valence-electron chi connectivity index (χ4n) is 3.45. The Kier molecular flexibility index (Phi) is 5.11.